The molecule has 1 heterocycles. The number of hydrogen-bond acceptors (Lipinski definition) is 4. The Labute approximate surface area is 168 Å². The zero-order valence-corrected chi connectivity index (χ0v) is 17.3. The van der Waals surface area contributed by atoms with Crippen LogP contribution >= 0.6 is 22.9 Å². The Morgan fingerprint density at radius 3 is 2.56 bits per heavy atom. The molecule has 0 N–H and O–H groups in total. The van der Waals surface area contributed by atoms with Crippen molar-refractivity contribution >= 4 is 28.8 Å². The molecule has 1 unspecified atom stereocenters. The van der Waals surface area contributed by atoms with Crippen LogP contribution in [-0.4, -0.2) is 29.9 Å². The number of nitrogens with zero attached hydrogens (tertiary/aromatic N) is 2. The SMILES string of the molecule is COc1ccccc1C(C)N(C)C(=O)c1sc(-c2ccccc2Cl)nc1C. The molecule has 4 nitrogen and oxygen atoms in total. The van der Waals surface area contributed by atoms with E-state index < -0.39 is 0 Å². The first-order valence-electron chi connectivity index (χ1n) is 8.56. The maximum atomic E-state index is 13.1. The van der Waals surface area contributed by atoms with Gasteiger partial charge in [-0.1, -0.05) is 48.0 Å². The number of amides is 1. The fraction of sp³-hybridized carbons (Fsp3) is 0.238. The summed E-state index contributed by atoms with van der Waals surface area (Å²) in [5, 5.41) is 1.38. The Balaban J connectivity index is 1.91. The number of carbonyl (C=O) groups is 1. The molecule has 0 aliphatic heterocycles. The lowest BCUT2D eigenvalue weighted by molar-refractivity contribution is 0.0745. The van der Waals surface area contributed by atoms with Gasteiger partial charge in [-0.05, 0) is 26.0 Å². The highest BCUT2D eigenvalue weighted by atomic mass is 35.5. The van der Waals surface area contributed by atoms with E-state index in [1.54, 1.807) is 19.1 Å². The summed E-state index contributed by atoms with van der Waals surface area (Å²) in [6.07, 6.45) is 0. The van der Waals surface area contributed by atoms with Gasteiger partial charge < -0.3 is 9.64 Å². The first-order chi connectivity index (χ1) is 12.9. The number of thiazole rings is 1. The predicted molar refractivity (Wildman–Crippen MR) is 111 cm³/mol. The topological polar surface area (TPSA) is 42.4 Å². The molecule has 0 radical (unpaired) electrons. The van der Waals surface area contributed by atoms with Gasteiger partial charge in [-0.25, -0.2) is 4.98 Å². The minimum Gasteiger partial charge on any atom is -0.496 e. The normalized spacial score (nSPS) is 11.9. The number of carbonyl (C=O) groups excluding carboxylic acids is 1. The van der Waals surface area contributed by atoms with Crippen LogP contribution in [0, 0.1) is 6.92 Å². The van der Waals surface area contributed by atoms with Crippen molar-refractivity contribution < 1.29 is 9.53 Å². The van der Waals surface area contributed by atoms with Crippen LogP contribution < -0.4 is 4.74 Å². The van der Waals surface area contributed by atoms with Crippen molar-refractivity contribution in [2.45, 2.75) is 19.9 Å². The second kappa shape index (κ2) is 8.11. The lowest BCUT2D eigenvalue weighted by Gasteiger charge is -2.26. The van der Waals surface area contributed by atoms with Gasteiger partial charge >= 0.3 is 0 Å². The minimum atomic E-state index is -0.140. The molecule has 140 valence electrons. The van der Waals surface area contributed by atoms with Gasteiger partial charge in [-0.15, -0.1) is 11.3 Å². The highest BCUT2D eigenvalue weighted by Gasteiger charge is 2.25. The maximum absolute atomic E-state index is 13.1. The summed E-state index contributed by atoms with van der Waals surface area (Å²) in [6, 6.07) is 15.1. The average Bonchev–Trinajstić information content (AvgIpc) is 3.07. The quantitative estimate of drug-likeness (QED) is 0.558. The molecular weight excluding hydrogens is 380 g/mol. The van der Waals surface area contributed by atoms with Crippen LogP contribution in [0.2, 0.25) is 5.02 Å². The molecule has 2 aromatic carbocycles. The zero-order chi connectivity index (χ0) is 19.6. The number of methoxy groups -OCH3 is 1. The van der Waals surface area contributed by atoms with Gasteiger partial charge in [0.25, 0.3) is 5.91 Å². The molecule has 3 aromatic rings. The number of benzene rings is 2. The molecule has 6 heteroatoms. The molecule has 0 aliphatic rings. The first kappa shape index (κ1) is 19.4. The summed E-state index contributed by atoms with van der Waals surface area (Å²) < 4.78 is 5.44. The molecule has 0 bridgehead atoms. The van der Waals surface area contributed by atoms with E-state index >= 15 is 0 Å². The molecule has 1 atom stereocenters. The van der Waals surface area contributed by atoms with E-state index in [0.29, 0.717) is 15.6 Å². The largest absolute Gasteiger partial charge is 0.496 e. The number of aromatic nitrogens is 1. The van der Waals surface area contributed by atoms with Crippen LogP contribution in [0.25, 0.3) is 10.6 Å². The van der Waals surface area contributed by atoms with Gasteiger partial charge in [0.1, 0.15) is 15.6 Å². The lowest BCUT2D eigenvalue weighted by Crippen LogP contribution is -2.29. The van der Waals surface area contributed by atoms with Crippen molar-refractivity contribution in [2.75, 3.05) is 14.2 Å². The van der Waals surface area contributed by atoms with E-state index in [1.807, 2.05) is 62.4 Å². The van der Waals surface area contributed by atoms with Gasteiger partial charge in [0.15, 0.2) is 0 Å². The number of ether oxygens (including phenoxy) is 1. The average molecular weight is 401 g/mol. The van der Waals surface area contributed by atoms with Crippen LogP contribution in [-0.2, 0) is 0 Å². The van der Waals surface area contributed by atoms with Crippen LogP contribution in [0.3, 0.4) is 0 Å². The van der Waals surface area contributed by atoms with E-state index in [-0.39, 0.29) is 11.9 Å². The van der Waals surface area contributed by atoms with Gasteiger partial charge in [0.2, 0.25) is 0 Å². The standard InChI is InChI=1S/C21H21ClN2O2S/c1-13-19(27-20(23-13)16-10-5-7-11-17(16)22)21(25)24(3)14(2)15-9-6-8-12-18(15)26-4/h5-12,14H,1-4H3. The van der Waals surface area contributed by atoms with Crippen molar-refractivity contribution in [3.63, 3.8) is 0 Å². The summed E-state index contributed by atoms with van der Waals surface area (Å²) >= 11 is 7.65. The molecule has 0 aliphatic carbocycles. The second-order valence-corrected chi connectivity index (χ2v) is 7.65. The predicted octanol–water partition coefficient (Wildman–Crippen LogP) is 5.61. The number of para-hydroxylation sites is 1. The number of hydrogen-bond donors (Lipinski definition) is 0. The number of aryl methyl sites for hydroxylation is 1. The van der Waals surface area contributed by atoms with Crippen LogP contribution in [0.15, 0.2) is 48.5 Å². The summed E-state index contributed by atoms with van der Waals surface area (Å²) in [6.45, 7) is 3.84. The summed E-state index contributed by atoms with van der Waals surface area (Å²) in [5.41, 5.74) is 2.51. The third-order valence-electron chi connectivity index (χ3n) is 4.59. The number of rotatable bonds is 5. The van der Waals surface area contributed by atoms with Gasteiger partial charge in [0, 0.05) is 18.2 Å². The fourth-order valence-electron chi connectivity index (χ4n) is 2.90. The maximum Gasteiger partial charge on any atom is 0.266 e. The van der Waals surface area contributed by atoms with E-state index in [4.69, 9.17) is 16.3 Å². The molecule has 0 spiro atoms. The highest BCUT2D eigenvalue weighted by Crippen LogP contribution is 2.35. The van der Waals surface area contributed by atoms with Gasteiger partial charge in [0.05, 0.1) is 23.9 Å². The minimum absolute atomic E-state index is 0.0679. The Morgan fingerprint density at radius 1 is 1.19 bits per heavy atom. The van der Waals surface area contributed by atoms with Crippen molar-refractivity contribution in [1.29, 1.82) is 0 Å². The van der Waals surface area contributed by atoms with Crippen molar-refractivity contribution in [3.8, 4) is 16.3 Å². The molecule has 0 saturated heterocycles. The Morgan fingerprint density at radius 2 is 1.85 bits per heavy atom. The zero-order valence-electron chi connectivity index (χ0n) is 15.7. The van der Waals surface area contributed by atoms with Crippen molar-refractivity contribution in [1.82, 2.24) is 9.88 Å². The van der Waals surface area contributed by atoms with Gasteiger partial charge in [-0.3, -0.25) is 4.79 Å². The van der Waals surface area contributed by atoms with Gasteiger partial charge in [-0.2, -0.15) is 0 Å². The molecule has 27 heavy (non-hydrogen) atoms. The Kier molecular flexibility index (Phi) is 5.82. The summed E-state index contributed by atoms with van der Waals surface area (Å²) in [5.74, 6) is 0.698. The lowest BCUT2D eigenvalue weighted by atomic mass is 10.1. The van der Waals surface area contributed by atoms with Crippen LogP contribution in [0.4, 0.5) is 0 Å². The Bertz CT molecular complexity index is 970. The third-order valence-corrected chi connectivity index (χ3v) is 6.09. The monoisotopic (exact) mass is 400 g/mol. The molecule has 1 amide bonds. The van der Waals surface area contributed by atoms with E-state index in [1.165, 1.54) is 11.3 Å². The third kappa shape index (κ3) is 3.84. The molecule has 0 saturated carbocycles. The van der Waals surface area contributed by atoms with Crippen LogP contribution in [0.1, 0.15) is 33.9 Å². The Hall–Kier alpha value is -2.37. The first-order valence-corrected chi connectivity index (χ1v) is 9.76. The molecule has 1 aromatic heterocycles. The smallest absolute Gasteiger partial charge is 0.266 e. The molecular formula is C21H21ClN2O2S. The van der Waals surface area contributed by atoms with E-state index in [9.17, 15) is 4.79 Å². The molecule has 0 fully saturated rings. The fourth-order valence-corrected chi connectivity index (χ4v) is 4.27. The van der Waals surface area contributed by atoms with Crippen molar-refractivity contribution in [2.24, 2.45) is 0 Å². The second-order valence-electron chi connectivity index (χ2n) is 6.25. The van der Waals surface area contributed by atoms with E-state index in [0.717, 1.165) is 21.9 Å². The molecule has 3 rings (SSSR count). The highest BCUT2D eigenvalue weighted by molar-refractivity contribution is 7.17. The van der Waals surface area contributed by atoms with E-state index in [2.05, 4.69) is 4.98 Å². The van der Waals surface area contributed by atoms with Crippen molar-refractivity contribution in [3.05, 3.63) is 69.7 Å². The number of halogens is 1. The van der Waals surface area contributed by atoms with Crippen LogP contribution in [0.5, 0.6) is 5.75 Å². The summed E-state index contributed by atoms with van der Waals surface area (Å²) in [7, 11) is 3.43. The summed E-state index contributed by atoms with van der Waals surface area (Å²) in [4.78, 5) is 20.0.